The molecule has 112 valence electrons. The number of carbonyl (C=O) groups excluding carboxylic acids is 1. The van der Waals surface area contributed by atoms with Crippen molar-refractivity contribution in [3.05, 3.63) is 30.3 Å². The Labute approximate surface area is 133 Å². The van der Waals surface area contributed by atoms with Crippen molar-refractivity contribution in [3.63, 3.8) is 0 Å². The van der Waals surface area contributed by atoms with Crippen LogP contribution in [0.4, 0.5) is 11.9 Å². The predicted molar refractivity (Wildman–Crippen MR) is 85.5 cm³/mol. The van der Waals surface area contributed by atoms with Gasteiger partial charge < -0.3 is 5.73 Å². The Morgan fingerprint density at radius 1 is 1.32 bits per heavy atom. The number of aromatic nitrogens is 5. The maximum Gasteiger partial charge on any atom is 0.241 e. The molecule has 0 bridgehead atoms. The fraction of sp³-hybridized carbons (Fsp3) is 0.0833. The summed E-state index contributed by atoms with van der Waals surface area (Å²) in [7, 11) is 0. The first kappa shape index (κ1) is 14.5. The number of nitrogens with one attached hydrogen (secondary N) is 2. The molecular weight excluding hydrogens is 322 g/mol. The first-order valence-electron chi connectivity index (χ1n) is 6.20. The number of carbonyl (C=O) groups is 1. The third-order valence-electron chi connectivity index (χ3n) is 2.51. The van der Waals surface area contributed by atoms with Gasteiger partial charge in [-0.15, -0.1) is 5.10 Å². The van der Waals surface area contributed by atoms with Crippen LogP contribution in [0, 0.1) is 0 Å². The highest BCUT2D eigenvalue weighted by molar-refractivity contribution is 7.99. The van der Waals surface area contributed by atoms with Crippen LogP contribution in [-0.2, 0) is 4.79 Å². The normalized spacial score (nSPS) is 10.5. The minimum Gasteiger partial charge on any atom is -0.368 e. The Morgan fingerprint density at radius 3 is 2.86 bits per heavy atom. The molecule has 0 fully saturated rings. The average Bonchev–Trinajstić information content (AvgIpc) is 3.15. The Kier molecular flexibility index (Phi) is 4.30. The van der Waals surface area contributed by atoms with Crippen molar-refractivity contribution in [1.82, 2.24) is 24.5 Å². The number of H-pyrrole nitrogens is 1. The van der Waals surface area contributed by atoms with Crippen LogP contribution in [0.5, 0.6) is 0 Å². The van der Waals surface area contributed by atoms with Crippen molar-refractivity contribution in [1.29, 1.82) is 0 Å². The molecule has 0 aliphatic carbocycles. The average molecular weight is 333 g/mol. The van der Waals surface area contributed by atoms with Crippen molar-refractivity contribution in [2.24, 2.45) is 0 Å². The zero-order valence-electron chi connectivity index (χ0n) is 11.2. The van der Waals surface area contributed by atoms with Gasteiger partial charge in [0.25, 0.3) is 0 Å². The molecule has 0 saturated carbocycles. The number of anilines is 2. The number of nitrogens with two attached hydrogens (primary N) is 1. The van der Waals surface area contributed by atoms with E-state index >= 15 is 0 Å². The standard InChI is InChI=1S/C12H11N7OS2/c13-10-16-12(18-17-10)21-6-8(20)14-11-15-9(22-19-11)7-4-2-1-3-5-7/h1-5H,6H2,(H,14,19,20)(H3,13,16,17,18). The van der Waals surface area contributed by atoms with Crippen molar-refractivity contribution in [3.8, 4) is 10.6 Å². The van der Waals surface area contributed by atoms with E-state index in [9.17, 15) is 4.79 Å². The zero-order valence-corrected chi connectivity index (χ0v) is 12.8. The number of hydrogen-bond donors (Lipinski definition) is 3. The largest absolute Gasteiger partial charge is 0.368 e. The number of nitrogens with zero attached hydrogens (tertiary/aromatic N) is 4. The Morgan fingerprint density at radius 2 is 2.14 bits per heavy atom. The molecule has 2 heterocycles. The van der Waals surface area contributed by atoms with Gasteiger partial charge in [0.1, 0.15) is 5.01 Å². The second kappa shape index (κ2) is 6.54. The van der Waals surface area contributed by atoms with E-state index in [1.165, 1.54) is 23.3 Å². The van der Waals surface area contributed by atoms with Gasteiger partial charge in [-0.25, -0.2) is 5.10 Å². The second-order valence-corrected chi connectivity index (χ2v) is 5.82. The van der Waals surface area contributed by atoms with E-state index in [1.54, 1.807) is 0 Å². The van der Waals surface area contributed by atoms with Crippen molar-refractivity contribution < 1.29 is 4.79 Å². The molecule has 3 rings (SSSR count). The predicted octanol–water partition coefficient (Wildman–Crippen LogP) is 1.64. The lowest BCUT2D eigenvalue weighted by atomic mass is 10.2. The van der Waals surface area contributed by atoms with Gasteiger partial charge in [-0.3, -0.25) is 10.1 Å². The van der Waals surface area contributed by atoms with Crippen LogP contribution in [0.2, 0.25) is 0 Å². The van der Waals surface area contributed by atoms with Gasteiger partial charge in [0.15, 0.2) is 0 Å². The monoisotopic (exact) mass is 333 g/mol. The lowest BCUT2D eigenvalue weighted by molar-refractivity contribution is -0.113. The van der Waals surface area contributed by atoms with Crippen LogP contribution in [0.3, 0.4) is 0 Å². The van der Waals surface area contributed by atoms with Gasteiger partial charge >= 0.3 is 0 Å². The summed E-state index contributed by atoms with van der Waals surface area (Å²) in [6.07, 6.45) is 0. The third-order valence-corrected chi connectivity index (χ3v) is 4.12. The third kappa shape index (κ3) is 3.59. The van der Waals surface area contributed by atoms with Crippen molar-refractivity contribution in [2.45, 2.75) is 5.16 Å². The molecule has 2 aromatic heterocycles. The van der Waals surface area contributed by atoms with E-state index in [0.29, 0.717) is 11.1 Å². The number of thioether (sulfide) groups is 1. The first-order chi connectivity index (χ1) is 10.7. The topological polar surface area (TPSA) is 122 Å². The molecule has 8 nitrogen and oxygen atoms in total. The summed E-state index contributed by atoms with van der Waals surface area (Å²) in [5, 5.41) is 10.2. The summed E-state index contributed by atoms with van der Waals surface area (Å²) in [5.41, 5.74) is 6.37. The highest BCUT2D eigenvalue weighted by Gasteiger charge is 2.11. The molecule has 0 spiro atoms. The number of aromatic amines is 1. The summed E-state index contributed by atoms with van der Waals surface area (Å²) in [4.78, 5) is 20.0. The van der Waals surface area contributed by atoms with E-state index in [-0.39, 0.29) is 17.6 Å². The maximum atomic E-state index is 11.8. The van der Waals surface area contributed by atoms with E-state index in [4.69, 9.17) is 5.73 Å². The molecule has 0 atom stereocenters. The minimum atomic E-state index is -0.231. The molecule has 0 radical (unpaired) electrons. The molecular formula is C12H11N7OS2. The number of amides is 1. The molecule has 10 heteroatoms. The molecule has 1 aromatic carbocycles. The molecule has 1 amide bonds. The summed E-state index contributed by atoms with van der Waals surface area (Å²) in [6, 6.07) is 9.66. The summed E-state index contributed by atoms with van der Waals surface area (Å²) in [5.74, 6) is 0.434. The lowest BCUT2D eigenvalue weighted by Crippen LogP contribution is -2.15. The highest BCUT2D eigenvalue weighted by Crippen LogP contribution is 2.22. The molecule has 0 aliphatic rings. The molecule has 0 unspecified atom stereocenters. The summed E-state index contributed by atoms with van der Waals surface area (Å²) >= 11 is 2.41. The zero-order chi connectivity index (χ0) is 15.4. The van der Waals surface area contributed by atoms with Gasteiger partial charge in [0.05, 0.1) is 5.75 Å². The summed E-state index contributed by atoms with van der Waals surface area (Å²) < 4.78 is 4.12. The maximum absolute atomic E-state index is 11.8. The van der Waals surface area contributed by atoms with Gasteiger partial charge in [-0.1, -0.05) is 42.1 Å². The molecule has 4 N–H and O–H groups in total. The Balaban J connectivity index is 1.57. The van der Waals surface area contributed by atoms with Crippen molar-refractivity contribution >= 4 is 41.1 Å². The quantitative estimate of drug-likeness (QED) is 0.606. The van der Waals surface area contributed by atoms with Crippen LogP contribution in [0.1, 0.15) is 0 Å². The van der Waals surface area contributed by atoms with Crippen molar-refractivity contribution in [2.75, 3.05) is 16.8 Å². The van der Waals surface area contributed by atoms with E-state index < -0.39 is 0 Å². The fourth-order valence-corrected chi connectivity index (χ4v) is 2.82. The lowest BCUT2D eigenvalue weighted by Gasteiger charge is -1.98. The minimum absolute atomic E-state index is 0.150. The molecule has 0 saturated heterocycles. The summed E-state index contributed by atoms with van der Waals surface area (Å²) in [6.45, 7) is 0. The Bertz CT molecular complexity index is 771. The van der Waals surface area contributed by atoms with E-state index in [1.807, 2.05) is 30.3 Å². The molecule has 0 aliphatic heterocycles. The van der Waals surface area contributed by atoms with Gasteiger partial charge in [-0.05, 0) is 11.5 Å². The number of hydrogen-bond acceptors (Lipinski definition) is 8. The number of rotatable bonds is 5. The van der Waals surface area contributed by atoms with Crippen LogP contribution in [-0.4, -0.2) is 36.2 Å². The van der Waals surface area contributed by atoms with Gasteiger partial charge in [0.2, 0.25) is 23.0 Å². The van der Waals surface area contributed by atoms with Gasteiger partial charge in [-0.2, -0.15) is 14.3 Å². The highest BCUT2D eigenvalue weighted by atomic mass is 32.2. The molecule has 3 aromatic rings. The first-order valence-corrected chi connectivity index (χ1v) is 7.96. The van der Waals surface area contributed by atoms with E-state index in [0.717, 1.165) is 10.6 Å². The smallest absolute Gasteiger partial charge is 0.241 e. The van der Waals surface area contributed by atoms with Crippen LogP contribution < -0.4 is 11.1 Å². The number of benzene rings is 1. The number of nitrogen functional groups attached to an aromatic ring is 1. The van der Waals surface area contributed by atoms with Crippen LogP contribution >= 0.6 is 23.3 Å². The SMILES string of the molecule is Nc1nc(SCC(=O)Nc2nsc(-c3ccccc3)n2)n[nH]1. The van der Waals surface area contributed by atoms with E-state index in [2.05, 4.69) is 29.9 Å². The van der Waals surface area contributed by atoms with Crippen LogP contribution in [0.25, 0.3) is 10.6 Å². The Hall–Kier alpha value is -2.46. The van der Waals surface area contributed by atoms with Gasteiger partial charge in [0, 0.05) is 5.56 Å². The molecule has 22 heavy (non-hydrogen) atoms. The fourth-order valence-electron chi connectivity index (χ4n) is 1.59. The second-order valence-electron chi connectivity index (χ2n) is 4.13. The van der Waals surface area contributed by atoms with Crippen LogP contribution in [0.15, 0.2) is 35.5 Å².